The summed E-state index contributed by atoms with van der Waals surface area (Å²) in [6, 6.07) is 7.89. The van der Waals surface area contributed by atoms with E-state index in [-0.39, 0.29) is 6.42 Å². The number of carbonyl (C=O) groups is 1. The molecule has 1 rings (SSSR count). The van der Waals surface area contributed by atoms with Crippen molar-refractivity contribution < 1.29 is 9.90 Å². The van der Waals surface area contributed by atoms with Gasteiger partial charge in [0.1, 0.15) is 6.07 Å². The van der Waals surface area contributed by atoms with E-state index in [9.17, 15) is 4.79 Å². The number of carboxylic acid groups (broad SMARTS) is 1. The van der Waals surface area contributed by atoms with E-state index in [1.54, 1.807) is 11.8 Å². The van der Waals surface area contributed by atoms with E-state index in [1.165, 1.54) is 0 Å². The maximum atomic E-state index is 10.4. The number of carboxylic acids is 1. The summed E-state index contributed by atoms with van der Waals surface area (Å²) in [4.78, 5) is 11.3. The first-order valence-corrected chi connectivity index (χ1v) is 6.94. The van der Waals surface area contributed by atoms with Crippen molar-refractivity contribution in [1.82, 2.24) is 0 Å². The highest BCUT2D eigenvalue weighted by molar-refractivity contribution is 7.98. The Labute approximate surface area is 111 Å². The molecule has 0 bridgehead atoms. The normalized spacial score (nSPS) is 9.78. The molecule has 5 heteroatoms. The van der Waals surface area contributed by atoms with Crippen molar-refractivity contribution in [2.75, 3.05) is 18.1 Å². The van der Waals surface area contributed by atoms with Gasteiger partial charge in [-0.25, -0.2) is 0 Å². The molecule has 0 saturated heterocycles. The van der Waals surface area contributed by atoms with Crippen LogP contribution in [0.2, 0.25) is 0 Å². The highest BCUT2D eigenvalue weighted by Crippen LogP contribution is 2.26. The summed E-state index contributed by atoms with van der Waals surface area (Å²) in [6.45, 7) is 0.680. The van der Waals surface area contributed by atoms with Crippen LogP contribution in [0.15, 0.2) is 23.1 Å². The Morgan fingerprint density at radius 2 is 2.28 bits per heavy atom. The van der Waals surface area contributed by atoms with Crippen molar-refractivity contribution in [3.63, 3.8) is 0 Å². The predicted octanol–water partition coefficient (Wildman–Crippen LogP) is 2.95. The summed E-state index contributed by atoms with van der Waals surface area (Å²) >= 11 is 1.54. The lowest BCUT2D eigenvalue weighted by Gasteiger charge is -2.10. The van der Waals surface area contributed by atoms with Gasteiger partial charge in [0.15, 0.2) is 0 Å². The molecule has 0 spiro atoms. The predicted molar refractivity (Wildman–Crippen MR) is 72.9 cm³/mol. The first-order valence-electron chi connectivity index (χ1n) is 5.71. The van der Waals surface area contributed by atoms with Crippen LogP contribution in [0, 0.1) is 11.3 Å². The van der Waals surface area contributed by atoms with Crippen LogP contribution in [-0.2, 0) is 4.79 Å². The van der Waals surface area contributed by atoms with Gasteiger partial charge < -0.3 is 10.4 Å². The largest absolute Gasteiger partial charge is 0.481 e. The molecule has 0 aliphatic rings. The Hall–Kier alpha value is -1.67. The second-order valence-corrected chi connectivity index (χ2v) is 4.62. The molecule has 2 N–H and O–H groups in total. The van der Waals surface area contributed by atoms with Gasteiger partial charge in [-0.2, -0.15) is 5.26 Å². The summed E-state index contributed by atoms with van der Waals surface area (Å²) < 4.78 is 0. The minimum Gasteiger partial charge on any atom is -0.481 e. The van der Waals surface area contributed by atoms with Crippen molar-refractivity contribution in [1.29, 1.82) is 5.26 Å². The number of aliphatic carboxylic acids is 1. The Morgan fingerprint density at radius 3 is 2.89 bits per heavy atom. The summed E-state index contributed by atoms with van der Waals surface area (Å²) in [5, 5.41) is 20.8. The van der Waals surface area contributed by atoms with Crippen LogP contribution in [0.3, 0.4) is 0 Å². The minimum atomic E-state index is -0.767. The zero-order chi connectivity index (χ0) is 13.4. The maximum absolute atomic E-state index is 10.4. The Bertz CT molecular complexity index is 455. The molecule has 96 valence electrons. The summed E-state index contributed by atoms with van der Waals surface area (Å²) in [5.41, 5.74) is 1.47. The summed E-state index contributed by atoms with van der Waals surface area (Å²) in [5.74, 6) is -0.767. The third-order valence-electron chi connectivity index (χ3n) is 2.49. The molecule has 0 radical (unpaired) electrons. The lowest BCUT2D eigenvalue weighted by molar-refractivity contribution is -0.137. The molecular weight excluding hydrogens is 248 g/mol. The van der Waals surface area contributed by atoms with Gasteiger partial charge in [-0.3, -0.25) is 4.79 Å². The zero-order valence-corrected chi connectivity index (χ0v) is 11.1. The molecule has 0 unspecified atom stereocenters. The number of hydrogen-bond donors (Lipinski definition) is 2. The lowest BCUT2D eigenvalue weighted by Crippen LogP contribution is -2.05. The fourth-order valence-corrected chi connectivity index (χ4v) is 2.16. The Morgan fingerprint density at radius 1 is 1.50 bits per heavy atom. The number of rotatable bonds is 7. The van der Waals surface area contributed by atoms with E-state index in [0.29, 0.717) is 18.5 Å². The van der Waals surface area contributed by atoms with Crippen LogP contribution in [-0.4, -0.2) is 23.9 Å². The van der Waals surface area contributed by atoms with Crippen LogP contribution in [0.4, 0.5) is 5.69 Å². The molecule has 0 aliphatic heterocycles. The van der Waals surface area contributed by atoms with Gasteiger partial charge in [0.05, 0.1) is 11.3 Å². The van der Waals surface area contributed by atoms with Crippen molar-refractivity contribution in [3.05, 3.63) is 23.8 Å². The van der Waals surface area contributed by atoms with Crippen LogP contribution in [0.25, 0.3) is 0 Å². The van der Waals surface area contributed by atoms with Crippen molar-refractivity contribution in [3.8, 4) is 6.07 Å². The molecule has 0 atom stereocenters. The third-order valence-corrected chi connectivity index (χ3v) is 3.27. The van der Waals surface area contributed by atoms with Crippen molar-refractivity contribution >= 4 is 23.4 Å². The number of nitrogens with one attached hydrogen (secondary N) is 1. The maximum Gasteiger partial charge on any atom is 0.303 e. The summed E-state index contributed by atoms with van der Waals surface area (Å²) in [7, 11) is 0. The van der Waals surface area contributed by atoms with Gasteiger partial charge in [-0.05, 0) is 31.2 Å². The van der Waals surface area contributed by atoms with Crippen LogP contribution >= 0.6 is 11.8 Å². The molecule has 0 aromatic heterocycles. The van der Waals surface area contributed by atoms with Crippen LogP contribution in [0.1, 0.15) is 24.8 Å². The lowest BCUT2D eigenvalue weighted by atomic mass is 10.2. The van der Waals surface area contributed by atoms with E-state index < -0.39 is 5.97 Å². The molecule has 1 aromatic carbocycles. The van der Waals surface area contributed by atoms with Gasteiger partial charge in [0.25, 0.3) is 0 Å². The second kappa shape index (κ2) is 7.62. The van der Waals surface area contributed by atoms with Crippen molar-refractivity contribution in [2.45, 2.75) is 24.2 Å². The van der Waals surface area contributed by atoms with Crippen molar-refractivity contribution in [2.24, 2.45) is 0 Å². The zero-order valence-electron chi connectivity index (χ0n) is 10.3. The molecule has 0 saturated carbocycles. The fourth-order valence-electron chi connectivity index (χ4n) is 1.59. The summed E-state index contributed by atoms with van der Waals surface area (Å²) in [6.07, 6.45) is 3.55. The molecule has 0 heterocycles. The van der Waals surface area contributed by atoms with E-state index >= 15 is 0 Å². The number of anilines is 1. The van der Waals surface area contributed by atoms with E-state index in [1.807, 2.05) is 24.5 Å². The monoisotopic (exact) mass is 264 g/mol. The third kappa shape index (κ3) is 4.30. The number of thioether (sulfide) groups is 1. The minimum absolute atomic E-state index is 0.192. The Kier molecular flexibility index (Phi) is 6.09. The molecule has 4 nitrogen and oxygen atoms in total. The van der Waals surface area contributed by atoms with E-state index in [0.717, 1.165) is 17.0 Å². The molecule has 0 fully saturated rings. The fraction of sp³-hybridized carbons (Fsp3) is 0.385. The average Bonchev–Trinajstić information content (AvgIpc) is 2.37. The number of nitriles is 1. The highest BCUT2D eigenvalue weighted by atomic mass is 32.2. The van der Waals surface area contributed by atoms with Gasteiger partial charge in [0.2, 0.25) is 0 Å². The quantitative estimate of drug-likeness (QED) is 0.585. The van der Waals surface area contributed by atoms with Crippen LogP contribution in [0.5, 0.6) is 0 Å². The first kappa shape index (κ1) is 14.4. The molecule has 18 heavy (non-hydrogen) atoms. The van der Waals surface area contributed by atoms with Gasteiger partial charge in [-0.15, -0.1) is 11.8 Å². The smallest absolute Gasteiger partial charge is 0.303 e. The van der Waals surface area contributed by atoms with Crippen LogP contribution < -0.4 is 5.32 Å². The number of unbranched alkanes of at least 4 members (excludes halogenated alkanes) is 1. The standard InChI is InChI=1S/C13H16N2O2S/c1-18-12-6-4-5-11(10(12)9-14)15-8-3-2-7-13(16)17/h4-6,15H,2-3,7-8H2,1H3,(H,16,17). The topological polar surface area (TPSA) is 73.1 Å². The van der Waals surface area contributed by atoms with Gasteiger partial charge in [-0.1, -0.05) is 6.07 Å². The molecule has 1 aromatic rings. The first-order chi connectivity index (χ1) is 8.69. The van der Waals surface area contributed by atoms with Gasteiger partial charge >= 0.3 is 5.97 Å². The molecule has 0 amide bonds. The van der Waals surface area contributed by atoms with E-state index in [2.05, 4.69) is 11.4 Å². The van der Waals surface area contributed by atoms with E-state index in [4.69, 9.17) is 10.4 Å². The average molecular weight is 264 g/mol. The highest BCUT2D eigenvalue weighted by Gasteiger charge is 2.06. The number of hydrogen-bond acceptors (Lipinski definition) is 4. The Balaban J connectivity index is 2.52. The SMILES string of the molecule is CSc1cccc(NCCCCC(=O)O)c1C#N. The number of benzene rings is 1. The van der Waals surface area contributed by atoms with Gasteiger partial charge in [0, 0.05) is 17.9 Å². The molecular formula is C13H16N2O2S. The second-order valence-electron chi connectivity index (χ2n) is 3.77. The number of nitrogens with zero attached hydrogens (tertiary/aromatic N) is 1. The molecule has 0 aliphatic carbocycles.